The predicted octanol–water partition coefficient (Wildman–Crippen LogP) is 3.52. The molecule has 0 aromatic heterocycles. The van der Waals surface area contributed by atoms with Crippen LogP contribution in [-0.4, -0.2) is 51.5 Å². The van der Waals surface area contributed by atoms with Gasteiger partial charge in [0.1, 0.15) is 0 Å². The zero-order chi connectivity index (χ0) is 27.2. The lowest BCUT2D eigenvalue weighted by molar-refractivity contribution is -0.245. The average Bonchev–Trinajstić information content (AvgIpc) is 2.96. The monoisotopic (exact) mass is 546 g/mol. The molecule has 5 N–H and O–H groups in total. The molecule has 2 amide bonds. The van der Waals surface area contributed by atoms with Crippen LogP contribution in [0.4, 0.5) is 0 Å². The number of aliphatic hydroxyl groups excluding tert-OH is 2. The fraction of sp³-hybridized carbons (Fsp3) is 0.500. The second-order valence-electron chi connectivity index (χ2n) is 9.26. The highest BCUT2D eigenvalue weighted by molar-refractivity contribution is 7.99. The highest BCUT2D eigenvalue weighted by Crippen LogP contribution is 2.38. The van der Waals surface area contributed by atoms with Crippen molar-refractivity contribution in [2.24, 2.45) is 0 Å². The lowest BCUT2D eigenvalue weighted by Gasteiger charge is -2.36. The van der Waals surface area contributed by atoms with E-state index in [9.17, 15) is 14.7 Å². The summed E-state index contributed by atoms with van der Waals surface area (Å²) in [7, 11) is 0. The Bertz CT molecular complexity index is 988. The Morgan fingerprint density at radius 1 is 0.868 bits per heavy atom. The third kappa shape index (κ3) is 10.0. The normalized spacial score (nSPS) is 19.2. The van der Waals surface area contributed by atoms with E-state index in [0.717, 1.165) is 34.4 Å². The van der Waals surface area contributed by atoms with Crippen molar-refractivity contribution < 1.29 is 34.5 Å². The maximum absolute atomic E-state index is 12.1. The van der Waals surface area contributed by atoms with E-state index >= 15 is 0 Å². The Labute approximate surface area is 227 Å². The van der Waals surface area contributed by atoms with Crippen molar-refractivity contribution in [3.05, 3.63) is 70.8 Å². The summed E-state index contributed by atoms with van der Waals surface area (Å²) in [5.74, 6) is 0.954. The van der Waals surface area contributed by atoms with Crippen molar-refractivity contribution in [1.29, 1.82) is 0 Å². The Morgan fingerprint density at radius 3 is 2.18 bits per heavy atom. The van der Waals surface area contributed by atoms with Crippen LogP contribution in [0, 0.1) is 0 Å². The second-order valence-corrected chi connectivity index (χ2v) is 10.4. The van der Waals surface area contributed by atoms with E-state index in [0.29, 0.717) is 38.0 Å². The Kier molecular flexibility index (Phi) is 13.0. The summed E-state index contributed by atoms with van der Waals surface area (Å²) in [5, 5.41) is 29.9. The minimum absolute atomic E-state index is 0.00370. The Balaban J connectivity index is 1.53. The number of aliphatic hydroxyl groups is 2. The van der Waals surface area contributed by atoms with Gasteiger partial charge in [-0.05, 0) is 29.5 Å². The fourth-order valence-corrected chi connectivity index (χ4v) is 4.96. The average molecular weight is 547 g/mol. The van der Waals surface area contributed by atoms with Gasteiger partial charge in [-0.3, -0.25) is 14.8 Å². The molecule has 0 aliphatic carbocycles. The van der Waals surface area contributed by atoms with Crippen molar-refractivity contribution in [2.75, 3.05) is 18.1 Å². The first-order chi connectivity index (χ1) is 18.5. The van der Waals surface area contributed by atoms with Crippen LogP contribution in [0.25, 0.3) is 0 Å². The number of nitrogens with one attached hydrogen (secondary N) is 2. The van der Waals surface area contributed by atoms with E-state index in [1.54, 1.807) is 17.2 Å². The van der Waals surface area contributed by atoms with Crippen molar-refractivity contribution in [2.45, 2.75) is 70.2 Å². The summed E-state index contributed by atoms with van der Waals surface area (Å²) >= 11 is 1.65. The van der Waals surface area contributed by atoms with Crippen molar-refractivity contribution in [1.82, 2.24) is 10.8 Å². The van der Waals surface area contributed by atoms with Gasteiger partial charge in [0.15, 0.2) is 6.29 Å². The number of unbranched alkanes of at least 4 members (excludes halogenated alkanes) is 2. The summed E-state index contributed by atoms with van der Waals surface area (Å²) in [5.41, 5.74) is 5.33. The first kappa shape index (κ1) is 30.1. The van der Waals surface area contributed by atoms with Crippen molar-refractivity contribution >= 4 is 23.6 Å². The molecular weight excluding hydrogens is 508 g/mol. The van der Waals surface area contributed by atoms with Gasteiger partial charge in [-0.1, -0.05) is 55.0 Å². The van der Waals surface area contributed by atoms with Crippen LogP contribution < -0.4 is 10.8 Å². The fourth-order valence-electron chi connectivity index (χ4n) is 4.19. The van der Waals surface area contributed by atoms with E-state index in [-0.39, 0.29) is 37.7 Å². The number of benzene rings is 2. The van der Waals surface area contributed by atoms with E-state index in [4.69, 9.17) is 19.8 Å². The molecule has 38 heavy (non-hydrogen) atoms. The summed E-state index contributed by atoms with van der Waals surface area (Å²) < 4.78 is 12.6. The Hall–Kier alpha value is -2.47. The van der Waals surface area contributed by atoms with Crippen LogP contribution in [0.15, 0.2) is 48.5 Å². The minimum atomic E-state index is -0.539. The smallest absolute Gasteiger partial charge is 0.243 e. The molecule has 0 spiro atoms. The van der Waals surface area contributed by atoms with Crippen LogP contribution in [0.2, 0.25) is 0 Å². The maximum Gasteiger partial charge on any atom is 0.243 e. The van der Waals surface area contributed by atoms with Crippen LogP contribution in [0.1, 0.15) is 73.2 Å². The van der Waals surface area contributed by atoms with Gasteiger partial charge in [-0.25, -0.2) is 5.48 Å². The first-order valence-corrected chi connectivity index (χ1v) is 14.2. The molecule has 3 atom stereocenters. The molecule has 9 nitrogen and oxygen atoms in total. The molecule has 0 bridgehead atoms. The number of carbonyl (C=O) groups excluding carboxylic acids is 2. The van der Waals surface area contributed by atoms with Crippen LogP contribution in [0.5, 0.6) is 0 Å². The van der Waals surface area contributed by atoms with Gasteiger partial charge < -0.3 is 25.0 Å². The van der Waals surface area contributed by atoms with Gasteiger partial charge in [0.25, 0.3) is 0 Å². The number of rotatable bonds is 15. The second kappa shape index (κ2) is 16.5. The first-order valence-electron chi connectivity index (χ1n) is 13.0. The lowest BCUT2D eigenvalue weighted by atomic mass is 10.0. The van der Waals surface area contributed by atoms with Gasteiger partial charge in [-0.15, -0.1) is 0 Å². The summed E-state index contributed by atoms with van der Waals surface area (Å²) in [6.07, 6.45) is 2.65. The number of thioether (sulfide) groups is 1. The molecule has 0 radical (unpaired) electrons. The molecule has 10 heteroatoms. The van der Waals surface area contributed by atoms with Crippen molar-refractivity contribution in [3.63, 3.8) is 0 Å². The van der Waals surface area contributed by atoms with E-state index in [1.165, 1.54) is 0 Å². The summed E-state index contributed by atoms with van der Waals surface area (Å²) in [6, 6.07) is 15.6. The van der Waals surface area contributed by atoms with Crippen LogP contribution in [-0.2, 0) is 32.2 Å². The molecule has 1 heterocycles. The maximum atomic E-state index is 12.1. The number of hydrogen-bond acceptors (Lipinski definition) is 8. The summed E-state index contributed by atoms with van der Waals surface area (Å²) in [4.78, 5) is 23.1. The molecule has 2 aromatic carbocycles. The SMILES string of the molecule is O=C(CCCCCC(=O)NCc1ccc([C@@H]2O[C@H](CSCCO)C[C@H](c3ccc(CO)cc3)O2)cc1)NO. The number of hydroxylamine groups is 1. The standard InChI is InChI=1S/C28H38N2O7S/c31-14-15-38-19-24-16-25(22-10-8-21(18-32)9-11-22)37-28(36-24)23-12-6-20(7-13-23)17-29-26(33)4-2-1-3-5-27(34)30-35/h6-13,24-25,28,31-32,35H,1-5,14-19H2,(H,29,33)(H,30,34)/t24-,25+,28+/m0/s1. The number of amides is 2. The molecule has 2 aromatic rings. The molecule has 208 valence electrons. The third-order valence-corrected chi connectivity index (χ3v) is 7.41. The predicted molar refractivity (Wildman–Crippen MR) is 144 cm³/mol. The highest BCUT2D eigenvalue weighted by Gasteiger charge is 2.32. The molecule has 0 saturated carbocycles. The quantitative estimate of drug-likeness (QED) is 0.130. The van der Waals surface area contributed by atoms with Gasteiger partial charge in [0.2, 0.25) is 11.8 Å². The van der Waals surface area contributed by atoms with Gasteiger partial charge >= 0.3 is 0 Å². The van der Waals surface area contributed by atoms with E-state index in [1.807, 2.05) is 48.5 Å². The zero-order valence-electron chi connectivity index (χ0n) is 21.5. The highest BCUT2D eigenvalue weighted by atomic mass is 32.2. The molecule has 1 aliphatic heterocycles. The topological polar surface area (TPSA) is 137 Å². The zero-order valence-corrected chi connectivity index (χ0v) is 22.3. The minimum Gasteiger partial charge on any atom is -0.396 e. The van der Waals surface area contributed by atoms with E-state index in [2.05, 4.69) is 5.32 Å². The van der Waals surface area contributed by atoms with E-state index < -0.39 is 12.2 Å². The van der Waals surface area contributed by atoms with Gasteiger partial charge in [-0.2, -0.15) is 11.8 Å². The summed E-state index contributed by atoms with van der Waals surface area (Å²) in [6.45, 7) is 0.541. The van der Waals surface area contributed by atoms with Crippen LogP contribution >= 0.6 is 11.8 Å². The molecular formula is C28H38N2O7S. The van der Waals surface area contributed by atoms with Gasteiger partial charge in [0, 0.05) is 42.9 Å². The molecule has 1 aliphatic rings. The molecule has 1 saturated heterocycles. The molecule has 3 rings (SSSR count). The number of carbonyl (C=O) groups is 2. The third-order valence-electron chi connectivity index (χ3n) is 6.33. The Morgan fingerprint density at radius 2 is 1.53 bits per heavy atom. The molecule has 0 unspecified atom stereocenters. The number of hydrogen-bond donors (Lipinski definition) is 5. The lowest BCUT2D eigenvalue weighted by Crippen LogP contribution is -2.31. The molecule has 1 fully saturated rings. The van der Waals surface area contributed by atoms with Gasteiger partial charge in [0.05, 0.1) is 25.4 Å². The van der Waals surface area contributed by atoms with Crippen LogP contribution in [0.3, 0.4) is 0 Å². The number of ether oxygens (including phenoxy) is 2. The van der Waals surface area contributed by atoms with Crippen molar-refractivity contribution in [3.8, 4) is 0 Å². The largest absolute Gasteiger partial charge is 0.396 e.